The normalized spacial score (nSPS) is 18.1. The van der Waals surface area contributed by atoms with Crippen molar-refractivity contribution in [3.8, 4) is 5.88 Å². The maximum Gasteiger partial charge on any atom is 0.268 e. The highest BCUT2D eigenvalue weighted by atomic mass is 35.5. The van der Waals surface area contributed by atoms with Gasteiger partial charge in [-0.3, -0.25) is 9.69 Å². The Labute approximate surface area is 202 Å². The Morgan fingerprint density at radius 3 is 2.76 bits per heavy atom. The summed E-state index contributed by atoms with van der Waals surface area (Å²) in [6.45, 7) is 9.46. The van der Waals surface area contributed by atoms with Gasteiger partial charge in [0.1, 0.15) is 17.1 Å². The molecule has 9 heteroatoms. The molecule has 7 nitrogen and oxygen atoms in total. The number of benzene rings is 2. The number of carbonyl (C=O) groups excluding carboxylic acids is 1. The maximum absolute atomic E-state index is 14.6. The number of anilines is 3. The van der Waals surface area contributed by atoms with Crippen molar-refractivity contribution in [3.05, 3.63) is 70.1 Å². The number of halogens is 2. The second-order valence-electron chi connectivity index (χ2n) is 9.66. The van der Waals surface area contributed by atoms with E-state index in [9.17, 15) is 9.18 Å². The molecular formula is C25H25ClFN5O2. The molecule has 1 aromatic heterocycles. The number of amides is 1. The van der Waals surface area contributed by atoms with Gasteiger partial charge in [0, 0.05) is 30.4 Å². The molecule has 0 saturated carbocycles. The molecule has 34 heavy (non-hydrogen) atoms. The molecule has 1 amide bonds. The predicted octanol–water partition coefficient (Wildman–Crippen LogP) is 5.17. The van der Waals surface area contributed by atoms with Crippen molar-refractivity contribution in [3.63, 3.8) is 0 Å². The molecule has 0 saturated heterocycles. The number of aromatic nitrogens is 2. The second-order valence-corrected chi connectivity index (χ2v) is 10.1. The molecule has 0 radical (unpaired) electrons. The number of nitrogens with one attached hydrogen (secondary N) is 2. The zero-order chi connectivity index (χ0) is 24.3. The summed E-state index contributed by atoms with van der Waals surface area (Å²) in [6.07, 6.45) is 1.38. The van der Waals surface area contributed by atoms with E-state index < -0.39 is 17.4 Å². The van der Waals surface area contributed by atoms with Crippen molar-refractivity contribution in [1.29, 1.82) is 0 Å². The molecule has 2 aromatic carbocycles. The molecule has 176 valence electrons. The minimum absolute atomic E-state index is 0.0439. The van der Waals surface area contributed by atoms with Gasteiger partial charge in [-0.2, -0.15) is 4.98 Å². The second kappa shape index (κ2) is 7.92. The van der Waals surface area contributed by atoms with Gasteiger partial charge >= 0.3 is 0 Å². The molecule has 2 aliphatic heterocycles. The van der Waals surface area contributed by atoms with Gasteiger partial charge in [0.15, 0.2) is 5.72 Å². The first-order chi connectivity index (χ1) is 16.1. The SMILES string of the molecule is CC1(C)CNCc2cc(Nc3ncc4c(n3)OC(C)(C)N(c3c(F)cccc3Cl)C4=O)ccc21. The van der Waals surface area contributed by atoms with Crippen LogP contribution in [0.4, 0.5) is 21.7 Å². The Bertz CT molecular complexity index is 1290. The molecule has 3 aromatic rings. The number of hydrogen-bond acceptors (Lipinski definition) is 6. The molecule has 3 heterocycles. The standard InChI is InChI=1S/C25H25ClFN5O2/c1-24(2)13-28-11-14-10-15(8-9-17(14)24)30-23-29-12-16-21(31-23)34-25(3,4)32(22(16)33)20-18(26)6-5-7-19(20)27/h5-10,12,28H,11,13H2,1-4H3,(H,29,30,31). The Morgan fingerprint density at radius 1 is 1.21 bits per heavy atom. The third-order valence-corrected chi connectivity index (χ3v) is 6.51. The summed E-state index contributed by atoms with van der Waals surface area (Å²) >= 11 is 6.23. The summed E-state index contributed by atoms with van der Waals surface area (Å²) in [4.78, 5) is 23.3. The summed E-state index contributed by atoms with van der Waals surface area (Å²) in [6, 6.07) is 10.4. The molecule has 0 aliphatic carbocycles. The quantitative estimate of drug-likeness (QED) is 0.537. The van der Waals surface area contributed by atoms with Crippen LogP contribution < -0.4 is 20.3 Å². The fourth-order valence-corrected chi connectivity index (χ4v) is 4.83. The van der Waals surface area contributed by atoms with Crippen LogP contribution in [-0.4, -0.2) is 28.1 Å². The number of ether oxygens (including phenoxy) is 1. The van der Waals surface area contributed by atoms with E-state index in [0.29, 0.717) is 5.95 Å². The van der Waals surface area contributed by atoms with Crippen LogP contribution in [0, 0.1) is 5.82 Å². The minimum Gasteiger partial charge on any atom is -0.450 e. The lowest BCUT2D eigenvalue weighted by molar-refractivity contribution is 0.0601. The van der Waals surface area contributed by atoms with Crippen molar-refractivity contribution >= 4 is 34.8 Å². The smallest absolute Gasteiger partial charge is 0.268 e. The van der Waals surface area contributed by atoms with Crippen molar-refractivity contribution < 1.29 is 13.9 Å². The van der Waals surface area contributed by atoms with Crippen LogP contribution in [0.15, 0.2) is 42.6 Å². The van der Waals surface area contributed by atoms with E-state index >= 15 is 0 Å². The lowest BCUT2D eigenvalue weighted by Gasteiger charge is -2.42. The number of para-hydroxylation sites is 1. The first-order valence-electron chi connectivity index (χ1n) is 11.0. The molecular weight excluding hydrogens is 457 g/mol. The van der Waals surface area contributed by atoms with Gasteiger partial charge in [0.05, 0.1) is 5.02 Å². The monoisotopic (exact) mass is 481 g/mol. The average molecular weight is 482 g/mol. The molecule has 0 fully saturated rings. The fraction of sp³-hybridized carbons (Fsp3) is 0.320. The van der Waals surface area contributed by atoms with E-state index in [1.165, 1.54) is 40.4 Å². The van der Waals surface area contributed by atoms with E-state index in [0.717, 1.165) is 18.8 Å². The Hall–Kier alpha value is -3.23. The van der Waals surface area contributed by atoms with Crippen molar-refractivity contribution in [1.82, 2.24) is 15.3 Å². The number of carbonyl (C=O) groups is 1. The number of rotatable bonds is 3. The van der Waals surface area contributed by atoms with Crippen LogP contribution in [0.5, 0.6) is 5.88 Å². The van der Waals surface area contributed by atoms with Crippen LogP contribution in [0.3, 0.4) is 0 Å². The van der Waals surface area contributed by atoms with Gasteiger partial charge < -0.3 is 15.4 Å². The van der Waals surface area contributed by atoms with Gasteiger partial charge in [-0.15, -0.1) is 0 Å². The van der Waals surface area contributed by atoms with Gasteiger partial charge in [-0.05, 0) is 49.2 Å². The molecule has 0 spiro atoms. The van der Waals surface area contributed by atoms with Gasteiger partial charge in [-0.1, -0.05) is 37.6 Å². The van der Waals surface area contributed by atoms with E-state index in [2.05, 4.69) is 46.6 Å². The number of hydrogen-bond donors (Lipinski definition) is 2. The minimum atomic E-state index is -1.23. The molecule has 0 unspecified atom stereocenters. The van der Waals surface area contributed by atoms with Gasteiger partial charge in [0.25, 0.3) is 5.91 Å². The largest absolute Gasteiger partial charge is 0.450 e. The van der Waals surface area contributed by atoms with Crippen molar-refractivity contribution in [2.24, 2.45) is 0 Å². The first-order valence-corrected chi connectivity index (χ1v) is 11.4. The number of nitrogens with zero attached hydrogens (tertiary/aromatic N) is 3. The summed E-state index contributed by atoms with van der Waals surface area (Å²) in [5, 5.41) is 6.75. The zero-order valence-corrected chi connectivity index (χ0v) is 20.1. The van der Waals surface area contributed by atoms with E-state index in [4.69, 9.17) is 16.3 Å². The number of fused-ring (bicyclic) bond motifs is 2. The van der Waals surface area contributed by atoms with E-state index in [-0.39, 0.29) is 27.6 Å². The highest BCUT2D eigenvalue weighted by Crippen LogP contribution is 2.40. The van der Waals surface area contributed by atoms with Gasteiger partial charge in [0.2, 0.25) is 11.8 Å². The van der Waals surface area contributed by atoms with Crippen molar-refractivity contribution in [2.45, 2.75) is 45.4 Å². The molecule has 2 aliphatic rings. The third kappa shape index (κ3) is 3.76. The highest BCUT2D eigenvalue weighted by molar-refractivity contribution is 6.34. The van der Waals surface area contributed by atoms with Crippen molar-refractivity contribution in [2.75, 3.05) is 16.8 Å². The van der Waals surface area contributed by atoms with E-state index in [1.54, 1.807) is 13.8 Å². The molecule has 2 N–H and O–H groups in total. The third-order valence-electron chi connectivity index (χ3n) is 6.21. The summed E-state index contributed by atoms with van der Waals surface area (Å²) < 4.78 is 20.7. The summed E-state index contributed by atoms with van der Waals surface area (Å²) in [5.74, 6) is -0.697. The van der Waals surface area contributed by atoms with Gasteiger partial charge in [-0.25, -0.2) is 9.37 Å². The summed E-state index contributed by atoms with van der Waals surface area (Å²) in [5.41, 5.74) is 2.26. The molecule has 5 rings (SSSR count). The Balaban J connectivity index is 1.46. The topological polar surface area (TPSA) is 79.4 Å². The lowest BCUT2D eigenvalue weighted by atomic mass is 9.79. The first kappa shape index (κ1) is 22.6. The van der Waals surface area contributed by atoms with Crippen LogP contribution in [0.25, 0.3) is 0 Å². The Morgan fingerprint density at radius 2 is 2.00 bits per heavy atom. The highest BCUT2D eigenvalue weighted by Gasteiger charge is 2.44. The molecule has 0 atom stereocenters. The van der Waals surface area contributed by atoms with Crippen LogP contribution in [0.1, 0.15) is 49.2 Å². The van der Waals surface area contributed by atoms with Crippen LogP contribution >= 0.6 is 11.6 Å². The molecule has 0 bridgehead atoms. The van der Waals surface area contributed by atoms with Crippen LogP contribution in [-0.2, 0) is 12.0 Å². The maximum atomic E-state index is 14.6. The lowest BCUT2D eigenvalue weighted by Crippen LogP contribution is -2.56. The predicted molar refractivity (Wildman–Crippen MR) is 129 cm³/mol. The zero-order valence-electron chi connectivity index (χ0n) is 19.4. The fourth-order valence-electron chi connectivity index (χ4n) is 4.58. The average Bonchev–Trinajstić information content (AvgIpc) is 2.75. The van der Waals surface area contributed by atoms with E-state index in [1.807, 2.05) is 6.07 Å². The Kier molecular flexibility index (Phi) is 5.26. The van der Waals surface area contributed by atoms with Crippen LogP contribution in [0.2, 0.25) is 5.02 Å². The summed E-state index contributed by atoms with van der Waals surface area (Å²) in [7, 11) is 0.